The number of ether oxygens (including phenoxy) is 2. The first-order chi connectivity index (χ1) is 9.08. The fourth-order valence-corrected chi connectivity index (χ4v) is 1.39. The van der Waals surface area contributed by atoms with Crippen molar-refractivity contribution in [2.45, 2.75) is 40.2 Å². The minimum absolute atomic E-state index is 0.113. The van der Waals surface area contributed by atoms with E-state index < -0.39 is 0 Å². The third-order valence-corrected chi connectivity index (χ3v) is 2.36. The predicted octanol–water partition coefficient (Wildman–Crippen LogP) is 2.74. The molecular weight excluding hydrogens is 242 g/mol. The average molecular weight is 267 g/mol. The summed E-state index contributed by atoms with van der Waals surface area (Å²) in [6.45, 7) is 10.5. The quantitative estimate of drug-likeness (QED) is 0.697. The van der Waals surface area contributed by atoms with Gasteiger partial charge in [-0.05, 0) is 26.2 Å². The second-order valence-corrected chi connectivity index (χ2v) is 5.11. The Kier molecular flexibility index (Phi) is 7.18. The minimum Gasteiger partial charge on any atom is -0.475 e. The van der Waals surface area contributed by atoms with Crippen LogP contribution in [-0.4, -0.2) is 35.8 Å². The average Bonchev–Trinajstić information content (AvgIpc) is 2.33. The highest BCUT2D eigenvalue weighted by molar-refractivity contribution is 5.27. The van der Waals surface area contributed by atoms with Crippen LogP contribution in [0.15, 0.2) is 12.3 Å². The van der Waals surface area contributed by atoms with Crippen LogP contribution >= 0.6 is 0 Å². The van der Waals surface area contributed by atoms with Crippen LogP contribution in [0.1, 0.15) is 34.1 Å². The van der Waals surface area contributed by atoms with E-state index in [0.29, 0.717) is 30.9 Å². The summed E-state index contributed by atoms with van der Waals surface area (Å²) in [5, 5.41) is 3.12. The monoisotopic (exact) mass is 267 g/mol. The van der Waals surface area contributed by atoms with E-state index >= 15 is 0 Å². The van der Waals surface area contributed by atoms with Crippen molar-refractivity contribution in [2.24, 2.45) is 5.92 Å². The van der Waals surface area contributed by atoms with Crippen molar-refractivity contribution in [2.75, 3.05) is 25.1 Å². The Morgan fingerprint density at radius 1 is 1.21 bits per heavy atom. The molecule has 5 heteroatoms. The Balaban J connectivity index is 2.22. The van der Waals surface area contributed by atoms with Gasteiger partial charge in [0.25, 0.3) is 0 Å². The molecule has 0 radical (unpaired) electrons. The van der Waals surface area contributed by atoms with E-state index in [-0.39, 0.29) is 6.10 Å². The van der Waals surface area contributed by atoms with E-state index in [1.54, 1.807) is 12.3 Å². The molecule has 1 aromatic heterocycles. The number of rotatable bonds is 9. The summed E-state index contributed by atoms with van der Waals surface area (Å²) < 4.78 is 11.0. The second kappa shape index (κ2) is 8.69. The zero-order valence-electron chi connectivity index (χ0n) is 12.3. The van der Waals surface area contributed by atoms with Gasteiger partial charge in [0.1, 0.15) is 0 Å². The third kappa shape index (κ3) is 7.62. The van der Waals surface area contributed by atoms with Crippen LogP contribution in [-0.2, 0) is 4.74 Å². The molecule has 0 unspecified atom stereocenters. The molecule has 0 aliphatic carbocycles. The number of nitrogens with one attached hydrogen (secondary N) is 1. The first kappa shape index (κ1) is 15.7. The summed E-state index contributed by atoms with van der Waals surface area (Å²) in [7, 11) is 0. The van der Waals surface area contributed by atoms with E-state index in [1.165, 1.54) is 0 Å². The molecule has 0 bridgehead atoms. The van der Waals surface area contributed by atoms with Crippen LogP contribution in [0.4, 0.5) is 5.95 Å². The largest absolute Gasteiger partial charge is 0.475 e. The van der Waals surface area contributed by atoms with Crippen molar-refractivity contribution < 1.29 is 9.47 Å². The van der Waals surface area contributed by atoms with Crippen molar-refractivity contribution in [3.8, 4) is 5.88 Å². The first-order valence-corrected chi connectivity index (χ1v) is 6.89. The van der Waals surface area contributed by atoms with Gasteiger partial charge in [-0.15, -0.1) is 0 Å². The number of hydrogen-bond donors (Lipinski definition) is 1. The van der Waals surface area contributed by atoms with Gasteiger partial charge in [0, 0.05) is 25.4 Å². The smallest absolute Gasteiger partial charge is 0.226 e. The normalized spacial score (nSPS) is 11.1. The molecule has 1 aromatic rings. The van der Waals surface area contributed by atoms with Gasteiger partial charge >= 0.3 is 0 Å². The molecule has 0 saturated heterocycles. The molecule has 0 amide bonds. The van der Waals surface area contributed by atoms with Crippen LogP contribution in [0.5, 0.6) is 5.88 Å². The van der Waals surface area contributed by atoms with Crippen LogP contribution in [0.25, 0.3) is 0 Å². The predicted molar refractivity (Wildman–Crippen MR) is 76.6 cm³/mol. The Hall–Kier alpha value is -1.36. The lowest BCUT2D eigenvalue weighted by Gasteiger charge is -2.10. The maximum Gasteiger partial charge on any atom is 0.226 e. The molecule has 0 aromatic carbocycles. The Morgan fingerprint density at radius 2 is 2.00 bits per heavy atom. The molecule has 0 aliphatic heterocycles. The number of anilines is 1. The standard InChI is InChI=1S/C14H25N3O2/c1-11(2)6-9-18-10-8-16-14-15-7-5-13(17-14)19-12(3)4/h5,7,11-12H,6,8-10H2,1-4H3,(H,15,16,17). The van der Waals surface area contributed by atoms with Gasteiger partial charge in [0.2, 0.25) is 11.8 Å². The lowest BCUT2D eigenvalue weighted by Crippen LogP contribution is -2.13. The molecule has 0 fully saturated rings. The summed E-state index contributed by atoms with van der Waals surface area (Å²) in [5.41, 5.74) is 0. The van der Waals surface area contributed by atoms with Crippen molar-refractivity contribution in [1.29, 1.82) is 0 Å². The first-order valence-electron chi connectivity index (χ1n) is 6.89. The van der Waals surface area contributed by atoms with Crippen LogP contribution in [0.2, 0.25) is 0 Å². The molecule has 19 heavy (non-hydrogen) atoms. The Morgan fingerprint density at radius 3 is 2.68 bits per heavy atom. The maximum atomic E-state index is 5.51. The SMILES string of the molecule is CC(C)CCOCCNc1nccc(OC(C)C)n1. The van der Waals surface area contributed by atoms with Crippen LogP contribution in [0, 0.1) is 5.92 Å². The van der Waals surface area contributed by atoms with Gasteiger partial charge in [-0.1, -0.05) is 13.8 Å². The van der Waals surface area contributed by atoms with Crippen molar-refractivity contribution in [3.63, 3.8) is 0 Å². The highest BCUT2D eigenvalue weighted by Gasteiger charge is 2.01. The zero-order chi connectivity index (χ0) is 14.1. The van der Waals surface area contributed by atoms with E-state index in [0.717, 1.165) is 13.0 Å². The van der Waals surface area contributed by atoms with Crippen molar-refractivity contribution in [1.82, 2.24) is 9.97 Å². The molecule has 1 N–H and O–H groups in total. The fourth-order valence-electron chi connectivity index (χ4n) is 1.39. The number of hydrogen-bond acceptors (Lipinski definition) is 5. The van der Waals surface area contributed by atoms with Crippen molar-refractivity contribution in [3.05, 3.63) is 12.3 Å². The summed E-state index contributed by atoms with van der Waals surface area (Å²) in [4.78, 5) is 8.39. The molecular formula is C14H25N3O2. The Labute approximate surface area is 115 Å². The molecule has 5 nitrogen and oxygen atoms in total. The minimum atomic E-state index is 0.113. The van der Waals surface area contributed by atoms with Gasteiger partial charge in [-0.3, -0.25) is 0 Å². The van der Waals surface area contributed by atoms with Crippen molar-refractivity contribution >= 4 is 5.95 Å². The van der Waals surface area contributed by atoms with Gasteiger partial charge in [-0.25, -0.2) is 4.98 Å². The fraction of sp³-hybridized carbons (Fsp3) is 0.714. The third-order valence-electron chi connectivity index (χ3n) is 2.36. The molecule has 0 spiro atoms. The molecule has 0 atom stereocenters. The molecule has 1 rings (SSSR count). The summed E-state index contributed by atoms with van der Waals surface area (Å²) in [5.74, 6) is 1.85. The lowest BCUT2D eigenvalue weighted by molar-refractivity contribution is 0.132. The van der Waals surface area contributed by atoms with Crippen LogP contribution < -0.4 is 10.1 Å². The van der Waals surface area contributed by atoms with Crippen LogP contribution in [0.3, 0.4) is 0 Å². The lowest BCUT2D eigenvalue weighted by atomic mass is 10.1. The van der Waals surface area contributed by atoms with E-state index in [4.69, 9.17) is 9.47 Å². The maximum absolute atomic E-state index is 5.51. The van der Waals surface area contributed by atoms with E-state index in [2.05, 4.69) is 29.1 Å². The molecule has 108 valence electrons. The number of aromatic nitrogens is 2. The topological polar surface area (TPSA) is 56.3 Å². The number of nitrogens with zero attached hydrogens (tertiary/aromatic N) is 2. The van der Waals surface area contributed by atoms with E-state index in [9.17, 15) is 0 Å². The summed E-state index contributed by atoms with van der Waals surface area (Å²) >= 11 is 0. The molecule has 1 heterocycles. The van der Waals surface area contributed by atoms with Gasteiger partial charge in [0.15, 0.2) is 0 Å². The van der Waals surface area contributed by atoms with Gasteiger partial charge in [-0.2, -0.15) is 4.98 Å². The highest BCUT2D eigenvalue weighted by atomic mass is 16.5. The molecule has 0 aliphatic rings. The Bertz CT molecular complexity index is 356. The van der Waals surface area contributed by atoms with Gasteiger partial charge < -0.3 is 14.8 Å². The zero-order valence-corrected chi connectivity index (χ0v) is 12.3. The highest BCUT2D eigenvalue weighted by Crippen LogP contribution is 2.09. The van der Waals surface area contributed by atoms with Gasteiger partial charge in [0.05, 0.1) is 12.7 Å². The summed E-state index contributed by atoms with van der Waals surface area (Å²) in [6.07, 6.45) is 2.89. The van der Waals surface area contributed by atoms with E-state index in [1.807, 2.05) is 13.8 Å². The molecule has 0 saturated carbocycles. The summed E-state index contributed by atoms with van der Waals surface area (Å²) in [6, 6.07) is 1.75. The second-order valence-electron chi connectivity index (χ2n) is 5.11.